The quantitative estimate of drug-likeness (QED) is 0.758. The Hall–Kier alpha value is -0.610. The van der Waals surface area contributed by atoms with E-state index in [4.69, 9.17) is 11.6 Å². The van der Waals surface area contributed by atoms with Crippen molar-refractivity contribution in [2.24, 2.45) is 5.92 Å². The fraction of sp³-hybridized carbons (Fsp3) is 0.818. The molecule has 0 bridgehead atoms. The van der Waals surface area contributed by atoms with Crippen LogP contribution in [-0.4, -0.2) is 38.1 Å². The number of hydrogen-bond donors (Lipinski definition) is 0. The summed E-state index contributed by atoms with van der Waals surface area (Å²) in [5.41, 5.74) is 0. The molecule has 16 heavy (non-hydrogen) atoms. The van der Waals surface area contributed by atoms with Crippen LogP contribution in [0.15, 0.2) is 6.33 Å². The number of likely N-dealkylation sites (tertiary alicyclic amines) is 1. The molecule has 0 saturated carbocycles. The van der Waals surface area contributed by atoms with Crippen LogP contribution in [0.3, 0.4) is 0 Å². The molecule has 0 N–H and O–H groups in total. The van der Waals surface area contributed by atoms with Crippen LogP contribution in [0.25, 0.3) is 0 Å². The fourth-order valence-electron chi connectivity index (χ4n) is 2.22. The van der Waals surface area contributed by atoms with Gasteiger partial charge in [-0.25, -0.2) is 9.67 Å². The second-order valence-electron chi connectivity index (χ2n) is 4.51. The van der Waals surface area contributed by atoms with Gasteiger partial charge in [-0.3, -0.25) is 4.90 Å². The lowest BCUT2D eigenvalue weighted by Crippen LogP contribution is -2.39. The first kappa shape index (κ1) is 11.9. The number of aromatic nitrogens is 3. The monoisotopic (exact) mass is 242 g/mol. The van der Waals surface area contributed by atoms with Crippen LogP contribution in [0.4, 0.5) is 0 Å². The molecule has 1 aromatic heterocycles. The Morgan fingerprint density at radius 3 is 3.06 bits per heavy atom. The van der Waals surface area contributed by atoms with Gasteiger partial charge in [0.25, 0.3) is 0 Å². The molecule has 5 heteroatoms. The molecule has 1 aliphatic heterocycles. The Bertz CT molecular complexity index is 338. The van der Waals surface area contributed by atoms with Crippen LogP contribution in [0.1, 0.15) is 26.1 Å². The minimum absolute atomic E-state index is 0.334. The highest BCUT2D eigenvalue weighted by Crippen LogP contribution is 2.22. The molecule has 0 amide bonds. The molecule has 2 heterocycles. The molecular formula is C11H19ClN4. The Morgan fingerprint density at radius 1 is 1.56 bits per heavy atom. The molecule has 2 rings (SSSR count). The molecule has 0 aliphatic carbocycles. The maximum Gasteiger partial charge on any atom is 0.140 e. The van der Waals surface area contributed by atoms with E-state index in [0.29, 0.717) is 11.3 Å². The summed E-state index contributed by atoms with van der Waals surface area (Å²) in [6.07, 6.45) is 2.71. The third kappa shape index (κ3) is 2.55. The molecule has 4 nitrogen and oxygen atoms in total. The lowest BCUT2D eigenvalue weighted by molar-refractivity contribution is 0.173. The zero-order valence-corrected chi connectivity index (χ0v) is 10.7. The fourth-order valence-corrected chi connectivity index (χ4v) is 2.40. The second-order valence-corrected chi connectivity index (χ2v) is 5.07. The molecule has 0 radical (unpaired) electrons. The van der Waals surface area contributed by atoms with E-state index in [1.165, 1.54) is 0 Å². The van der Waals surface area contributed by atoms with Gasteiger partial charge in [0.1, 0.15) is 12.2 Å². The molecule has 1 aliphatic rings. The van der Waals surface area contributed by atoms with Crippen molar-refractivity contribution in [1.82, 2.24) is 19.7 Å². The average Bonchev–Trinajstić information content (AvgIpc) is 2.71. The van der Waals surface area contributed by atoms with Gasteiger partial charge in [-0.1, -0.05) is 6.92 Å². The third-order valence-corrected chi connectivity index (χ3v) is 3.89. The number of piperidine rings is 1. The van der Waals surface area contributed by atoms with Gasteiger partial charge in [0.05, 0.1) is 6.54 Å². The van der Waals surface area contributed by atoms with Gasteiger partial charge in [-0.05, 0) is 19.3 Å². The van der Waals surface area contributed by atoms with E-state index in [0.717, 1.165) is 38.4 Å². The number of hydrogen-bond acceptors (Lipinski definition) is 3. The first-order valence-corrected chi connectivity index (χ1v) is 6.37. The average molecular weight is 243 g/mol. The van der Waals surface area contributed by atoms with Crippen LogP contribution in [0, 0.1) is 5.92 Å². The zero-order valence-electron chi connectivity index (χ0n) is 9.93. The van der Waals surface area contributed by atoms with E-state index < -0.39 is 0 Å². The highest BCUT2D eigenvalue weighted by molar-refractivity contribution is 6.20. The van der Waals surface area contributed by atoms with Crippen LogP contribution in [0.2, 0.25) is 0 Å². The number of halogens is 1. The van der Waals surface area contributed by atoms with Crippen LogP contribution in [0.5, 0.6) is 0 Å². The van der Waals surface area contributed by atoms with Crippen molar-refractivity contribution in [1.29, 1.82) is 0 Å². The zero-order chi connectivity index (χ0) is 11.5. The summed E-state index contributed by atoms with van der Waals surface area (Å²) < 4.78 is 1.96. The normalized spacial score (nSPS) is 27.2. The Kier molecular flexibility index (Phi) is 3.82. The lowest BCUT2D eigenvalue weighted by Gasteiger charge is -2.33. The summed E-state index contributed by atoms with van der Waals surface area (Å²) >= 11 is 6.21. The van der Waals surface area contributed by atoms with E-state index in [1.54, 1.807) is 6.33 Å². The SMILES string of the molecule is CCn1ncnc1CN1CCC(Cl)C(C)C1. The third-order valence-electron chi connectivity index (χ3n) is 3.25. The molecule has 2 atom stereocenters. The summed E-state index contributed by atoms with van der Waals surface area (Å²) in [5.74, 6) is 1.62. The summed E-state index contributed by atoms with van der Waals surface area (Å²) in [6.45, 7) is 8.21. The number of aryl methyl sites for hydroxylation is 1. The molecular weight excluding hydrogens is 224 g/mol. The second kappa shape index (κ2) is 5.15. The van der Waals surface area contributed by atoms with Gasteiger partial charge in [-0.2, -0.15) is 5.10 Å². The standard InChI is InChI=1S/C11H19ClN4/c1-3-16-11(13-8-14-16)7-15-5-4-10(12)9(2)6-15/h8-10H,3-7H2,1-2H3. The predicted molar refractivity (Wildman–Crippen MR) is 64.4 cm³/mol. The van der Waals surface area contributed by atoms with Crippen LogP contribution in [-0.2, 0) is 13.1 Å². The first-order chi connectivity index (χ1) is 7.70. The van der Waals surface area contributed by atoms with E-state index in [1.807, 2.05) is 4.68 Å². The van der Waals surface area contributed by atoms with E-state index in [9.17, 15) is 0 Å². The van der Waals surface area contributed by atoms with E-state index in [2.05, 4.69) is 28.8 Å². The van der Waals surface area contributed by atoms with Crippen molar-refractivity contribution in [3.8, 4) is 0 Å². The number of nitrogens with zero attached hydrogens (tertiary/aromatic N) is 4. The molecule has 1 saturated heterocycles. The van der Waals surface area contributed by atoms with Crippen molar-refractivity contribution in [3.05, 3.63) is 12.2 Å². The van der Waals surface area contributed by atoms with Crippen molar-refractivity contribution >= 4 is 11.6 Å². The number of rotatable bonds is 3. The van der Waals surface area contributed by atoms with Crippen molar-refractivity contribution < 1.29 is 0 Å². The van der Waals surface area contributed by atoms with Crippen molar-refractivity contribution in [2.75, 3.05) is 13.1 Å². The van der Waals surface area contributed by atoms with Crippen LogP contribution < -0.4 is 0 Å². The summed E-state index contributed by atoms with van der Waals surface area (Å²) in [4.78, 5) is 6.72. The molecule has 0 spiro atoms. The van der Waals surface area contributed by atoms with E-state index in [-0.39, 0.29) is 0 Å². The van der Waals surface area contributed by atoms with Gasteiger partial charge in [0.15, 0.2) is 0 Å². The molecule has 1 aromatic rings. The Morgan fingerprint density at radius 2 is 2.38 bits per heavy atom. The maximum atomic E-state index is 6.21. The summed E-state index contributed by atoms with van der Waals surface area (Å²) in [6, 6.07) is 0. The summed E-state index contributed by atoms with van der Waals surface area (Å²) in [7, 11) is 0. The Balaban J connectivity index is 1.95. The van der Waals surface area contributed by atoms with Gasteiger partial charge in [0, 0.05) is 25.0 Å². The van der Waals surface area contributed by atoms with Crippen molar-refractivity contribution in [3.63, 3.8) is 0 Å². The summed E-state index contributed by atoms with van der Waals surface area (Å²) in [5, 5.41) is 4.52. The van der Waals surface area contributed by atoms with Gasteiger partial charge < -0.3 is 0 Å². The highest BCUT2D eigenvalue weighted by atomic mass is 35.5. The first-order valence-electron chi connectivity index (χ1n) is 5.93. The molecule has 90 valence electrons. The topological polar surface area (TPSA) is 34.0 Å². The van der Waals surface area contributed by atoms with E-state index >= 15 is 0 Å². The smallest absolute Gasteiger partial charge is 0.140 e. The minimum Gasteiger partial charge on any atom is -0.296 e. The van der Waals surface area contributed by atoms with Crippen molar-refractivity contribution in [2.45, 2.75) is 38.7 Å². The largest absolute Gasteiger partial charge is 0.296 e. The Labute approximate surface area is 102 Å². The molecule has 0 aromatic carbocycles. The van der Waals surface area contributed by atoms with Gasteiger partial charge >= 0.3 is 0 Å². The molecule has 2 unspecified atom stereocenters. The number of alkyl halides is 1. The predicted octanol–water partition coefficient (Wildman–Crippen LogP) is 1.75. The van der Waals surface area contributed by atoms with Gasteiger partial charge in [0.2, 0.25) is 0 Å². The maximum absolute atomic E-state index is 6.21. The van der Waals surface area contributed by atoms with Crippen LogP contribution >= 0.6 is 11.6 Å². The van der Waals surface area contributed by atoms with Gasteiger partial charge in [-0.15, -0.1) is 11.6 Å². The molecule has 1 fully saturated rings. The lowest BCUT2D eigenvalue weighted by atomic mass is 10.00. The minimum atomic E-state index is 0.334. The highest BCUT2D eigenvalue weighted by Gasteiger charge is 2.24.